The van der Waals surface area contributed by atoms with Crippen LogP contribution in [0.3, 0.4) is 0 Å². The summed E-state index contributed by atoms with van der Waals surface area (Å²) in [5.41, 5.74) is 27.0. The van der Waals surface area contributed by atoms with Crippen LogP contribution in [0.4, 0.5) is 0 Å². The van der Waals surface area contributed by atoms with Gasteiger partial charge in [0.2, 0.25) is 0 Å². The van der Waals surface area contributed by atoms with Crippen LogP contribution in [0.25, 0.3) is 66.8 Å². The average Bonchev–Trinajstić information content (AvgIpc) is 0.773. The van der Waals surface area contributed by atoms with Gasteiger partial charge >= 0.3 is 7.82 Å². The van der Waals surface area contributed by atoms with Crippen LogP contribution in [0.5, 0.6) is 17.2 Å². The summed E-state index contributed by atoms with van der Waals surface area (Å²) in [5, 5.41) is 0. The molecule has 4 nitrogen and oxygen atoms in total. The number of phosphoric ester groups is 1. The molecule has 500 valence electrons. The van der Waals surface area contributed by atoms with Crippen LogP contribution in [0.1, 0.15) is 304 Å². The van der Waals surface area contributed by atoms with E-state index in [2.05, 4.69) is 312 Å². The molecular weight excluding hydrogens is 1180 g/mol. The zero-order chi connectivity index (χ0) is 69.2. The molecule has 0 amide bonds. The van der Waals surface area contributed by atoms with Crippen molar-refractivity contribution in [3.05, 3.63) is 231 Å². The third-order valence-electron chi connectivity index (χ3n) is 19.6. The van der Waals surface area contributed by atoms with Crippen molar-refractivity contribution in [2.45, 2.75) is 237 Å². The molecule has 0 bridgehead atoms. The van der Waals surface area contributed by atoms with Crippen molar-refractivity contribution in [1.29, 1.82) is 0 Å². The lowest BCUT2D eigenvalue weighted by atomic mass is 9.85. The normalized spacial score (nSPS) is 12.3. The summed E-state index contributed by atoms with van der Waals surface area (Å²) in [4.78, 5) is 0. The van der Waals surface area contributed by atoms with Crippen LogP contribution in [0, 0.1) is 0 Å². The molecule has 9 aromatic rings. The summed E-state index contributed by atoms with van der Waals surface area (Å²) in [7, 11) is -4.91. The van der Waals surface area contributed by atoms with Gasteiger partial charge in [-0.3, -0.25) is 0 Å². The lowest BCUT2D eigenvalue weighted by Crippen LogP contribution is -2.10. The van der Waals surface area contributed by atoms with Crippen molar-refractivity contribution in [3.63, 3.8) is 0 Å². The van der Waals surface area contributed by atoms with Crippen LogP contribution in [-0.4, -0.2) is 0 Å². The highest BCUT2D eigenvalue weighted by atomic mass is 31.2. The second kappa shape index (κ2) is 29.9. The van der Waals surface area contributed by atoms with Crippen LogP contribution in [-0.2, 0) is 4.57 Å². The maximum absolute atomic E-state index is 17.7. The minimum Gasteiger partial charge on any atom is -0.385 e. The molecule has 9 aromatic carbocycles. The molecule has 0 N–H and O–H groups in total. The average molecular weight is 1290 g/mol. The largest absolute Gasteiger partial charge is 0.647 e. The SMILES string of the molecule is CC(C)c1ccc(-c2ccc(OP(=O)(Oc3ccc(-c4ccc(C(C)C)cc4C(C)C)cc3-c3ccc(C(C)C)cc3C(C)C)Oc3ccc(-c4ccc(C(C)C)cc4C(C)C)cc3-c3ccc(C(C)C)cc3C(C)C)c(-c3ccc(C(C)C)cc3C(C)C)c2)c(C(C)C)c1. The first-order valence-electron chi connectivity index (χ1n) is 35.8. The Balaban J connectivity index is 1.38. The molecule has 0 spiro atoms. The van der Waals surface area contributed by atoms with Gasteiger partial charge in [0.25, 0.3) is 0 Å². The standard InChI is InChI=1S/C90H111O4P/c1-52(2)64-25-34-73(79(43-64)58(13)14)70-31-40-88(85(49-70)76-37-28-67(55(7)8)46-82(76)61(19)20)92-95(91,93-89-41-32-71(74-35-26-65(53(3)4)44-80(74)59(15)16)50-86(89)77-38-29-68(56(9)10)47-83(77)62(21)22)94-90-42-33-72(75-36-27-66(54(5)6)45-81(75)60(17)18)51-87(90)78-39-30-69(57(11)12)48-84(78)63(23)24/h25-63H,1-24H3. The van der Waals surface area contributed by atoms with E-state index in [9.17, 15) is 0 Å². The van der Waals surface area contributed by atoms with Gasteiger partial charge in [0.05, 0.1) is 0 Å². The Kier molecular flexibility index (Phi) is 22.7. The molecule has 0 aromatic heterocycles. The van der Waals surface area contributed by atoms with E-state index in [-0.39, 0.29) is 35.5 Å². The second-order valence-electron chi connectivity index (χ2n) is 30.8. The van der Waals surface area contributed by atoms with Crippen LogP contribution in [0.15, 0.2) is 164 Å². The predicted octanol–water partition coefficient (Wildman–Crippen LogP) is 28.8. The first-order chi connectivity index (χ1) is 44.8. The Hall–Kier alpha value is -7.39. The third-order valence-corrected chi connectivity index (χ3v) is 20.8. The number of phosphoric acid groups is 1. The van der Waals surface area contributed by atoms with E-state index in [1.54, 1.807) is 0 Å². The monoisotopic (exact) mass is 1290 g/mol. The summed E-state index contributed by atoms with van der Waals surface area (Å²) in [6.07, 6.45) is 0. The molecule has 9 rings (SSSR count). The lowest BCUT2D eigenvalue weighted by Gasteiger charge is -2.26. The molecule has 0 aliphatic rings. The molecule has 0 saturated carbocycles. The minimum absolute atomic E-state index is 0.142. The molecule has 0 unspecified atom stereocenters. The van der Waals surface area contributed by atoms with E-state index >= 15 is 4.57 Å². The molecule has 0 aliphatic heterocycles. The molecule has 5 heteroatoms. The van der Waals surface area contributed by atoms with Crippen LogP contribution in [0.2, 0.25) is 0 Å². The van der Waals surface area contributed by atoms with E-state index in [1.165, 1.54) is 66.8 Å². The van der Waals surface area contributed by atoms with Gasteiger partial charge in [0.1, 0.15) is 17.2 Å². The minimum atomic E-state index is -4.91. The fraction of sp³-hybridized carbons (Fsp3) is 0.400. The number of rotatable bonds is 24. The van der Waals surface area contributed by atoms with Crippen molar-refractivity contribution in [1.82, 2.24) is 0 Å². The molecule has 0 radical (unpaired) electrons. The number of benzene rings is 9. The highest BCUT2D eigenvalue weighted by Crippen LogP contribution is 2.57. The molecule has 0 aliphatic carbocycles. The fourth-order valence-electron chi connectivity index (χ4n) is 13.4. The third kappa shape index (κ3) is 16.0. The van der Waals surface area contributed by atoms with E-state index < -0.39 is 7.82 Å². The van der Waals surface area contributed by atoms with E-state index in [0.29, 0.717) is 52.8 Å². The Morgan fingerprint density at radius 2 is 0.379 bits per heavy atom. The van der Waals surface area contributed by atoms with E-state index in [0.717, 1.165) is 66.8 Å². The summed E-state index contributed by atoms with van der Waals surface area (Å²) in [6.45, 7) is 54.2. The van der Waals surface area contributed by atoms with Crippen molar-refractivity contribution in [2.24, 2.45) is 0 Å². The number of hydrogen-bond donors (Lipinski definition) is 0. The Labute approximate surface area is 574 Å². The smallest absolute Gasteiger partial charge is 0.385 e. The zero-order valence-corrected chi connectivity index (χ0v) is 63.0. The van der Waals surface area contributed by atoms with Gasteiger partial charge in [-0.25, -0.2) is 0 Å². The Morgan fingerprint density at radius 1 is 0.200 bits per heavy atom. The van der Waals surface area contributed by atoms with Crippen molar-refractivity contribution < 1.29 is 18.1 Å². The summed E-state index contributed by atoms with van der Waals surface area (Å²) >= 11 is 0. The molecule has 0 heterocycles. The van der Waals surface area contributed by atoms with E-state index in [1.807, 2.05) is 18.2 Å². The van der Waals surface area contributed by atoms with Crippen LogP contribution >= 0.6 is 7.82 Å². The van der Waals surface area contributed by atoms with Gasteiger partial charge in [-0.1, -0.05) is 294 Å². The first kappa shape index (κ1) is 71.9. The summed E-state index contributed by atoms with van der Waals surface area (Å²) in [6, 6.07) is 60.4. The van der Waals surface area contributed by atoms with Gasteiger partial charge in [0, 0.05) is 16.7 Å². The maximum atomic E-state index is 17.7. The Morgan fingerprint density at radius 3 is 0.558 bits per heavy atom. The molecule has 95 heavy (non-hydrogen) atoms. The van der Waals surface area contributed by atoms with Crippen molar-refractivity contribution >= 4 is 7.82 Å². The van der Waals surface area contributed by atoms with Gasteiger partial charge in [-0.05, 0) is 224 Å². The highest BCUT2D eigenvalue weighted by molar-refractivity contribution is 7.49. The van der Waals surface area contributed by atoms with E-state index in [4.69, 9.17) is 13.6 Å². The lowest BCUT2D eigenvalue weighted by molar-refractivity contribution is 0.299. The molecule has 0 atom stereocenters. The predicted molar refractivity (Wildman–Crippen MR) is 411 cm³/mol. The first-order valence-corrected chi connectivity index (χ1v) is 37.3. The second-order valence-corrected chi connectivity index (χ2v) is 32.2. The van der Waals surface area contributed by atoms with Gasteiger partial charge in [0.15, 0.2) is 0 Å². The van der Waals surface area contributed by atoms with Gasteiger partial charge in [-0.2, -0.15) is 4.57 Å². The number of hydrogen-bond acceptors (Lipinski definition) is 4. The fourth-order valence-corrected chi connectivity index (χ4v) is 14.7. The van der Waals surface area contributed by atoms with Gasteiger partial charge in [-0.15, -0.1) is 0 Å². The molecular formula is C90H111O4P. The van der Waals surface area contributed by atoms with Crippen LogP contribution < -0.4 is 13.6 Å². The van der Waals surface area contributed by atoms with Crippen molar-refractivity contribution in [3.8, 4) is 84.0 Å². The summed E-state index contributed by atoms with van der Waals surface area (Å²) in [5.74, 6) is 4.42. The topological polar surface area (TPSA) is 44.8 Å². The Bertz CT molecular complexity index is 3810. The summed E-state index contributed by atoms with van der Waals surface area (Å²) < 4.78 is 40.1. The highest BCUT2D eigenvalue weighted by Gasteiger charge is 2.38. The quantitative estimate of drug-likeness (QED) is 0.0566. The molecule has 0 saturated heterocycles. The van der Waals surface area contributed by atoms with Crippen molar-refractivity contribution in [2.75, 3.05) is 0 Å². The maximum Gasteiger partial charge on any atom is 0.647 e. The molecule has 0 fully saturated rings. The zero-order valence-electron chi connectivity index (χ0n) is 62.1. The van der Waals surface area contributed by atoms with Gasteiger partial charge < -0.3 is 13.6 Å².